The Hall–Kier alpha value is -2.59. The minimum Gasteiger partial charge on any atom is -0.352 e. The minimum atomic E-state index is -4.23. The van der Waals surface area contributed by atoms with Crippen LogP contribution in [0.15, 0.2) is 82.2 Å². The highest BCUT2D eigenvalue weighted by molar-refractivity contribution is 9.10. The SMILES string of the molecule is CC(C)NC(=O)[C@H](C)N(Cc1cccc(Br)c1)C(=O)CN(c1cccc(Cl)c1Cl)S(=O)(=O)c1ccccc1. The summed E-state index contributed by atoms with van der Waals surface area (Å²) < 4.78 is 29.3. The molecular formula is C27H28BrCl2N3O4S. The molecule has 0 heterocycles. The molecule has 3 aromatic rings. The molecule has 7 nitrogen and oxygen atoms in total. The molecule has 38 heavy (non-hydrogen) atoms. The van der Waals surface area contributed by atoms with Crippen molar-refractivity contribution in [2.24, 2.45) is 0 Å². The second kappa shape index (κ2) is 13.0. The van der Waals surface area contributed by atoms with Gasteiger partial charge in [0.2, 0.25) is 11.8 Å². The molecule has 0 aliphatic heterocycles. The van der Waals surface area contributed by atoms with Crippen molar-refractivity contribution in [3.63, 3.8) is 0 Å². The van der Waals surface area contributed by atoms with Gasteiger partial charge in [-0.25, -0.2) is 8.42 Å². The highest BCUT2D eigenvalue weighted by atomic mass is 79.9. The summed E-state index contributed by atoms with van der Waals surface area (Å²) in [5, 5.41) is 2.95. The molecule has 0 aliphatic rings. The zero-order chi connectivity index (χ0) is 28.0. The average molecular weight is 641 g/mol. The van der Waals surface area contributed by atoms with E-state index in [9.17, 15) is 18.0 Å². The first kappa shape index (κ1) is 30.0. The first-order valence-electron chi connectivity index (χ1n) is 11.8. The summed E-state index contributed by atoms with van der Waals surface area (Å²) in [6.45, 7) is 4.72. The van der Waals surface area contributed by atoms with Crippen molar-refractivity contribution in [2.75, 3.05) is 10.8 Å². The largest absolute Gasteiger partial charge is 0.352 e. The van der Waals surface area contributed by atoms with E-state index in [0.29, 0.717) is 0 Å². The molecule has 1 N–H and O–H groups in total. The van der Waals surface area contributed by atoms with Gasteiger partial charge in [-0.05, 0) is 62.7 Å². The van der Waals surface area contributed by atoms with Gasteiger partial charge in [0, 0.05) is 17.1 Å². The van der Waals surface area contributed by atoms with E-state index in [0.717, 1.165) is 14.3 Å². The van der Waals surface area contributed by atoms with E-state index >= 15 is 0 Å². The Labute approximate surface area is 241 Å². The van der Waals surface area contributed by atoms with E-state index in [1.165, 1.54) is 29.2 Å². The van der Waals surface area contributed by atoms with Gasteiger partial charge in [-0.3, -0.25) is 13.9 Å². The fraction of sp³-hybridized carbons (Fsp3) is 0.259. The van der Waals surface area contributed by atoms with Crippen LogP contribution in [0.5, 0.6) is 0 Å². The number of nitrogens with zero attached hydrogens (tertiary/aromatic N) is 2. The number of hydrogen-bond donors (Lipinski definition) is 1. The smallest absolute Gasteiger partial charge is 0.264 e. The molecule has 3 rings (SSSR count). The predicted molar refractivity (Wildman–Crippen MR) is 155 cm³/mol. The number of rotatable bonds is 10. The van der Waals surface area contributed by atoms with Gasteiger partial charge in [-0.15, -0.1) is 0 Å². The molecule has 0 radical (unpaired) electrons. The van der Waals surface area contributed by atoms with Gasteiger partial charge in [-0.2, -0.15) is 0 Å². The van der Waals surface area contributed by atoms with Gasteiger partial charge in [0.25, 0.3) is 10.0 Å². The van der Waals surface area contributed by atoms with Crippen molar-refractivity contribution in [1.82, 2.24) is 10.2 Å². The van der Waals surface area contributed by atoms with Gasteiger partial charge in [0.1, 0.15) is 12.6 Å². The number of amides is 2. The maximum absolute atomic E-state index is 13.9. The van der Waals surface area contributed by atoms with Crippen molar-refractivity contribution in [3.8, 4) is 0 Å². The quantitative estimate of drug-likeness (QED) is 0.299. The molecule has 202 valence electrons. The number of benzene rings is 3. The molecule has 0 saturated carbocycles. The van der Waals surface area contributed by atoms with E-state index in [-0.39, 0.29) is 39.1 Å². The van der Waals surface area contributed by atoms with E-state index in [4.69, 9.17) is 23.2 Å². The number of sulfonamides is 1. The highest BCUT2D eigenvalue weighted by Crippen LogP contribution is 2.35. The first-order valence-corrected chi connectivity index (χ1v) is 14.8. The Balaban J connectivity index is 2.07. The van der Waals surface area contributed by atoms with E-state index in [1.807, 2.05) is 38.1 Å². The van der Waals surface area contributed by atoms with Crippen LogP contribution in [0.1, 0.15) is 26.3 Å². The van der Waals surface area contributed by atoms with Crippen LogP contribution >= 0.6 is 39.1 Å². The Morgan fingerprint density at radius 3 is 2.24 bits per heavy atom. The Morgan fingerprint density at radius 2 is 1.61 bits per heavy atom. The van der Waals surface area contributed by atoms with Crippen LogP contribution in [0.3, 0.4) is 0 Å². The van der Waals surface area contributed by atoms with Crippen LogP contribution < -0.4 is 9.62 Å². The van der Waals surface area contributed by atoms with Crippen LogP contribution in [0.25, 0.3) is 0 Å². The summed E-state index contributed by atoms with van der Waals surface area (Å²) in [4.78, 5) is 28.2. The second-order valence-electron chi connectivity index (χ2n) is 8.89. The number of anilines is 1. The lowest BCUT2D eigenvalue weighted by Gasteiger charge is -2.32. The molecule has 0 unspecified atom stereocenters. The first-order chi connectivity index (χ1) is 17.9. The van der Waals surface area contributed by atoms with Crippen molar-refractivity contribution >= 4 is 66.7 Å². The van der Waals surface area contributed by atoms with Crippen LogP contribution in [0, 0.1) is 0 Å². The molecule has 0 saturated heterocycles. The van der Waals surface area contributed by atoms with Crippen molar-refractivity contribution in [2.45, 2.75) is 44.3 Å². The Bertz CT molecular complexity index is 1400. The molecule has 0 aliphatic carbocycles. The fourth-order valence-electron chi connectivity index (χ4n) is 3.74. The van der Waals surface area contributed by atoms with Gasteiger partial charge >= 0.3 is 0 Å². The van der Waals surface area contributed by atoms with Gasteiger partial charge in [0.15, 0.2) is 0 Å². The number of halogens is 3. The summed E-state index contributed by atoms with van der Waals surface area (Å²) in [5.41, 5.74) is 0.813. The summed E-state index contributed by atoms with van der Waals surface area (Å²) in [6.07, 6.45) is 0. The maximum atomic E-state index is 13.9. The third-order valence-corrected chi connectivity index (χ3v) is 8.73. The molecule has 3 aromatic carbocycles. The number of carbonyl (C=O) groups excluding carboxylic acids is 2. The van der Waals surface area contributed by atoms with E-state index in [1.54, 1.807) is 31.2 Å². The molecule has 0 fully saturated rings. The molecular weight excluding hydrogens is 613 g/mol. The van der Waals surface area contributed by atoms with Crippen molar-refractivity contribution in [3.05, 3.63) is 92.9 Å². The maximum Gasteiger partial charge on any atom is 0.264 e. The van der Waals surface area contributed by atoms with E-state index in [2.05, 4.69) is 21.2 Å². The summed E-state index contributed by atoms with van der Waals surface area (Å²) in [5.74, 6) is -0.950. The second-order valence-corrected chi connectivity index (χ2v) is 12.5. The Morgan fingerprint density at radius 1 is 0.947 bits per heavy atom. The standard InChI is InChI=1S/C27H28BrCl2N3O4S/c1-18(2)31-27(35)19(3)32(16-20-9-7-10-21(28)15-20)25(34)17-33(24-14-8-13-23(29)26(24)30)38(36,37)22-11-5-4-6-12-22/h4-15,18-19H,16-17H2,1-3H3,(H,31,35)/t19-/m0/s1. The van der Waals surface area contributed by atoms with Crippen molar-refractivity contribution < 1.29 is 18.0 Å². The molecule has 11 heteroatoms. The normalized spacial score (nSPS) is 12.2. The third-order valence-electron chi connectivity index (χ3n) is 5.65. The van der Waals surface area contributed by atoms with E-state index < -0.39 is 28.5 Å². The topological polar surface area (TPSA) is 86.8 Å². The highest BCUT2D eigenvalue weighted by Gasteiger charge is 2.33. The van der Waals surface area contributed by atoms with Gasteiger partial charge in [-0.1, -0.05) is 75.5 Å². The summed E-state index contributed by atoms with van der Waals surface area (Å²) >= 11 is 16.1. The Kier molecular flexibility index (Phi) is 10.2. The third kappa shape index (κ3) is 7.28. The monoisotopic (exact) mass is 639 g/mol. The molecule has 0 bridgehead atoms. The minimum absolute atomic E-state index is 0.00869. The number of hydrogen-bond acceptors (Lipinski definition) is 4. The molecule has 1 atom stereocenters. The summed E-state index contributed by atoms with van der Waals surface area (Å²) in [6, 6.07) is 18.6. The van der Waals surface area contributed by atoms with Gasteiger partial charge < -0.3 is 10.2 Å². The fourth-order valence-corrected chi connectivity index (χ4v) is 6.08. The molecule has 2 amide bonds. The predicted octanol–water partition coefficient (Wildman–Crippen LogP) is 5.89. The molecule has 0 aromatic heterocycles. The average Bonchev–Trinajstić information content (AvgIpc) is 2.87. The zero-order valence-electron chi connectivity index (χ0n) is 21.1. The van der Waals surface area contributed by atoms with Crippen LogP contribution in [0.2, 0.25) is 10.0 Å². The van der Waals surface area contributed by atoms with Crippen molar-refractivity contribution in [1.29, 1.82) is 0 Å². The summed E-state index contributed by atoms with van der Waals surface area (Å²) in [7, 11) is -4.23. The van der Waals surface area contributed by atoms with Crippen LogP contribution in [0.4, 0.5) is 5.69 Å². The van der Waals surface area contributed by atoms with Gasteiger partial charge in [0.05, 0.1) is 20.6 Å². The van der Waals surface area contributed by atoms with Crippen LogP contribution in [-0.2, 0) is 26.2 Å². The van der Waals surface area contributed by atoms with Crippen LogP contribution in [-0.4, -0.2) is 43.8 Å². The number of nitrogens with one attached hydrogen (secondary N) is 1. The zero-order valence-corrected chi connectivity index (χ0v) is 25.0. The lowest BCUT2D eigenvalue weighted by molar-refractivity contribution is -0.139. The lowest BCUT2D eigenvalue weighted by atomic mass is 10.1. The molecule has 0 spiro atoms. The lowest BCUT2D eigenvalue weighted by Crippen LogP contribution is -2.52. The number of carbonyl (C=O) groups is 2.